The third-order valence-corrected chi connectivity index (χ3v) is 6.48. The van der Waals surface area contributed by atoms with E-state index in [9.17, 15) is 0 Å². The van der Waals surface area contributed by atoms with Gasteiger partial charge in [0.05, 0.1) is 6.04 Å². The van der Waals surface area contributed by atoms with Crippen LogP contribution in [0.5, 0.6) is 0 Å². The lowest BCUT2D eigenvalue weighted by atomic mass is 9.92. The minimum Gasteiger partial charge on any atom is -0.374 e. The largest absolute Gasteiger partial charge is 0.374 e. The molecule has 1 unspecified atom stereocenters. The Hall–Kier alpha value is -4.36. The van der Waals surface area contributed by atoms with E-state index in [1.165, 1.54) is 44.2 Å². The number of nitrogens with one attached hydrogen (secondary N) is 1. The molecule has 5 aromatic carbocycles. The van der Waals surface area contributed by atoms with Gasteiger partial charge in [0.2, 0.25) is 0 Å². The van der Waals surface area contributed by atoms with Crippen molar-refractivity contribution in [2.45, 2.75) is 6.04 Å². The first-order valence-corrected chi connectivity index (χ1v) is 11.7. The van der Waals surface area contributed by atoms with Gasteiger partial charge >= 0.3 is 0 Å². The summed E-state index contributed by atoms with van der Waals surface area (Å²) in [6.45, 7) is 0. The number of allylic oxidation sites excluding steroid dienone is 2. The maximum atomic E-state index is 3.81. The number of hydrogen-bond acceptors (Lipinski definition) is 1. The van der Waals surface area contributed by atoms with Crippen LogP contribution in [0.3, 0.4) is 0 Å². The molecule has 1 aliphatic rings. The van der Waals surface area contributed by atoms with Crippen molar-refractivity contribution < 1.29 is 0 Å². The van der Waals surface area contributed by atoms with Gasteiger partial charge in [-0.2, -0.15) is 0 Å². The second-order valence-corrected chi connectivity index (χ2v) is 8.72. The number of hydrogen-bond donors (Lipinski definition) is 1. The molecular formula is C33H25N. The van der Waals surface area contributed by atoms with Crippen molar-refractivity contribution in [3.63, 3.8) is 0 Å². The molecule has 0 amide bonds. The predicted molar refractivity (Wildman–Crippen MR) is 144 cm³/mol. The molecule has 162 valence electrons. The Morgan fingerprint density at radius 3 is 1.91 bits per heavy atom. The Labute approximate surface area is 200 Å². The zero-order valence-electron chi connectivity index (χ0n) is 18.9. The first kappa shape index (κ1) is 20.3. The van der Waals surface area contributed by atoms with E-state index in [2.05, 4.69) is 145 Å². The second-order valence-electron chi connectivity index (χ2n) is 8.72. The summed E-state index contributed by atoms with van der Waals surface area (Å²) in [5, 5.41) is 6.34. The lowest BCUT2D eigenvalue weighted by Gasteiger charge is -2.26. The fourth-order valence-corrected chi connectivity index (χ4v) is 4.69. The van der Waals surface area contributed by atoms with Crippen molar-refractivity contribution in [1.82, 2.24) is 5.32 Å². The minimum atomic E-state index is 0.0835. The van der Waals surface area contributed by atoms with Crippen molar-refractivity contribution in [2.75, 3.05) is 0 Å². The summed E-state index contributed by atoms with van der Waals surface area (Å²) in [5.41, 5.74) is 8.50. The van der Waals surface area contributed by atoms with Crippen LogP contribution in [0.25, 0.3) is 33.2 Å². The quantitative estimate of drug-likeness (QED) is 0.299. The molecule has 34 heavy (non-hydrogen) atoms. The first-order valence-electron chi connectivity index (χ1n) is 11.7. The van der Waals surface area contributed by atoms with E-state index in [-0.39, 0.29) is 6.04 Å². The average Bonchev–Trinajstić information content (AvgIpc) is 2.93. The number of benzene rings is 5. The molecule has 6 rings (SSSR count). The van der Waals surface area contributed by atoms with E-state index in [0.717, 1.165) is 5.70 Å². The molecule has 0 bridgehead atoms. The van der Waals surface area contributed by atoms with Crippen LogP contribution in [0.2, 0.25) is 0 Å². The van der Waals surface area contributed by atoms with E-state index >= 15 is 0 Å². The lowest BCUT2D eigenvalue weighted by Crippen LogP contribution is -2.21. The minimum absolute atomic E-state index is 0.0835. The molecule has 1 aliphatic heterocycles. The second kappa shape index (κ2) is 8.88. The predicted octanol–water partition coefficient (Wildman–Crippen LogP) is 8.28. The van der Waals surface area contributed by atoms with Gasteiger partial charge in [0.15, 0.2) is 0 Å². The van der Waals surface area contributed by atoms with E-state index in [4.69, 9.17) is 0 Å². The maximum absolute atomic E-state index is 3.81. The van der Waals surface area contributed by atoms with Gasteiger partial charge in [-0.1, -0.05) is 115 Å². The van der Waals surface area contributed by atoms with Gasteiger partial charge in [0, 0.05) is 5.70 Å². The Balaban J connectivity index is 1.44. The molecule has 0 radical (unpaired) electrons. The molecule has 1 atom stereocenters. The molecule has 0 aromatic heterocycles. The summed E-state index contributed by atoms with van der Waals surface area (Å²) < 4.78 is 0. The number of rotatable bonds is 4. The fourth-order valence-electron chi connectivity index (χ4n) is 4.69. The van der Waals surface area contributed by atoms with E-state index in [0.29, 0.717) is 0 Å². The SMILES string of the molecule is C1=C(c2ccccc2)C=C(c2cccc(-c3ccccc3)c2)NC1c1ccc2ccccc2c1. The summed E-state index contributed by atoms with van der Waals surface area (Å²) >= 11 is 0. The number of dihydropyridines is 1. The summed E-state index contributed by atoms with van der Waals surface area (Å²) in [7, 11) is 0. The van der Waals surface area contributed by atoms with Crippen molar-refractivity contribution in [3.05, 3.63) is 156 Å². The van der Waals surface area contributed by atoms with E-state index in [1.807, 2.05) is 0 Å². The van der Waals surface area contributed by atoms with Crippen LogP contribution in [0.1, 0.15) is 22.7 Å². The summed E-state index contributed by atoms with van der Waals surface area (Å²) in [5.74, 6) is 0. The van der Waals surface area contributed by atoms with E-state index < -0.39 is 0 Å². The topological polar surface area (TPSA) is 12.0 Å². The molecule has 1 nitrogen and oxygen atoms in total. The van der Waals surface area contributed by atoms with Crippen molar-refractivity contribution in [2.24, 2.45) is 0 Å². The highest BCUT2D eigenvalue weighted by Gasteiger charge is 2.19. The molecule has 1 heterocycles. The summed E-state index contributed by atoms with van der Waals surface area (Å²) in [4.78, 5) is 0. The highest BCUT2D eigenvalue weighted by Crippen LogP contribution is 2.34. The van der Waals surface area contributed by atoms with Gasteiger partial charge in [0.1, 0.15) is 0 Å². The Morgan fingerprint density at radius 1 is 0.471 bits per heavy atom. The van der Waals surface area contributed by atoms with Crippen LogP contribution in [0, 0.1) is 0 Å². The summed E-state index contributed by atoms with van der Waals surface area (Å²) in [6.07, 6.45) is 4.61. The Kier molecular flexibility index (Phi) is 5.29. The van der Waals surface area contributed by atoms with Crippen LogP contribution in [0.15, 0.2) is 140 Å². The molecule has 1 heteroatoms. The molecule has 0 saturated heterocycles. The molecule has 0 saturated carbocycles. The first-order chi connectivity index (χ1) is 16.8. The van der Waals surface area contributed by atoms with E-state index in [1.54, 1.807) is 0 Å². The normalized spacial score (nSPS) is 15.4. The van der Waals surface area contributed by atoms with Crippen LogP contribution < -0.4 is 5.32 Å². The van der Waals surface area contributed by atoms with Crippen LogP contribution in [0.4, 0.5) is 0 Å². The average molecular weight is 436 g/mol. The van der Waals surface area contributed by atoms with Gasteiger partial charge in [-0.05, 0) is 68.4 Å². The highest BCUT2D eigenvalue weighted by molar-refractivity contribution is 5.88. The Morgan fingerprint density at radius 2 is 1.12 bits per heavy atom. The van der Waals surface area contributed by atoms with Crippen molar-refractivity contribution in [1.29, 1.82) is 0 Å². The van der Waals surface area contributed by atoms with Gasteiger partial charge < -0.3 is 5.32 Å². The molecule has 0 aliphatic carbocycles. The van der Waals surface area contributed by atoms with Gasteiger partial charge in [-0.15, -0.1) is 0 Å². The number of fused-ring (bicyclic) bond motifs is 1. The standard InChI is InChI=1S/C33H25N/c1-3-10-24(11-4-1)28-16-9-17-29(20-28)32-22-31(25-12-5-2-6-13-25)23-33(34-32)30-19-18-26-14-7-8-15-27(26)21-30/h1-23,33-34H. The molecule has 5 aromatic rings. The van der Waals surface area contributed by atoms with Crippen LogP contribution in [-0.2, 0) is 0 Å². The fraction of sp³-hybridized carbons (Fsp3) is 0.0303. The molecule has 0 fully saturated rings. The van der Waals surface area contributed by atoms with Crippen molar-refractivity contribution in [3.8, 4) is 11.1 Å². The zero-order chi connectivity index (χ0) is 22.7. The molecule has 0 spiro atoms. The van der Waals surface area contributed by atoms with Crippen LogP contribution >= 0.6 is 0 Å². The van der Waals surface area contributed by atoms with Gasteiger partial charge in [0.25, 0.3) is 0 Å². The smallest absolute Gasteiger partial charge is 0.0707 e. The zero-order valence-corrected chi connectivity index (χ0v) is 18.9. The Bertz CT molecular complexity index is 1510. The third-order valence-electron chi connectivity index (χ3n) is 6.48. The molecule has 1 N–H and O–H groups in total. The summed E-state index contributed by atoms with van der Waals surface area (Å²) in [6, 6.07) is 45.4. The third kappa shape index (κ3) is 4.04. The lowest BCUT2D eigenvalue weighted by molar-refractivity contribution is 0.768. The van der Waals surface area contributed by atoms with Crippen LogP contribution in [-0.4, -0.2) is 0 Å². The molecular weight excluding hydrogens is 410 g/mol. The van der Waals surface area contributed by atoms with Crippen molar-refractivity contribution >= 4 is 22.0 Å². The monoisotopic (exact) mass is 435 g/mol. The maximum Gasteiger partial charge on any atom is 0.0707 e. The van der Waals surface area contributed by atoms with Gasteiger partial charge in [-0.25, -0.2) is 0 Å². The van der Waals surface area contributed by atoms with Gasteiger partial charge in [-0.3, -0.25) is 0 Å². The highest BCUT2D eigenvalue weighted by atomic mass is 14.9.